The second-order valence-electron chi connectivity index (χ2n) is 8.13. The van der Waals surface area contributed by atoms with Gasteiger partial charge in [-0.3, -0.25) is 14.4 Å². The molecule has 1 aliphatic heterocycles. The van der Waals surface area contributed by atoms with Crippen LogP contribution in [-0.2, 0) is 23.4 Å². The van der Waals surface area contributed by atoms with Gasteiger partial charge in [0.2, 0.25) is 5.91 Å². The first-order valence-corrected chi connectivity index (χ1v) is 13.5. The fraction of sp³-hybridized carbons (Fsp3) is 0.455. The molecule has 0 aromatic carbocycles. The lowest BCUT2D eigenvalue weighted by molar-refractivity contribution is -0.129. The molecule has 1 saturated heterocycles. The minimum absolute atomic E-state index is 0.0505. The number of H-pyrrole nitrogens is 1. The second-order valence-corrected chi connectivity index (χ2v) is 11.5. The summed E-state index contributed by atoms with van der Waals surface area (Å²) < 4.78 is 0. The van der Waals surface area contributed by atoms with Crippen LogP contribution in [0.2, 0.25) is 0 Å². The van der Waals surface area contributed by atoms with Gasteiger partial charge in [0.15, 0.2) is 0 Å². The summed E-state index contributed by atoms with van der Waals surface area (Å²) >= 11 is 4.61. The Kier molecular flexibility index (Phi) is 6.09. The quantitative estimate of drug-likeness (QED) is 0.597. The Bertz CT molecular complexity index is 1240. The number of hydrogen-bond donors (Lipinski definition) is 1. The average Bonchev–Trinajstić information content (AvgIpc) is 3.49. The number of hydrogen-bond acceptors (Lipinski definition) is 7. The van der Waals surface area contributed by atoms with Crippen molar-refractivity contribution in [1.29, 1.82) is 0 Å². The normalized spacial score (nSPS) is 16.0. The van der Waals surface area contributed by atoms with E-state index in [-0.39, 0.29) is 17.4 Å². The molecule has 1 fully saturated rings. The van der Waals surface area contributed by atoms with Gasteiger partial charge in [-0.1, -0.05) is 0 Å². The molecule has 5 rings (SSSR count). The maximum atomic E-state index is 12.6. The first-order valence-electron chi connectivity index (χ1n) is 10.7. The SMILES string of the molecule is Cc1ccc(C(=O)N2CCN(C(=O)CSCc3nc4sc5c(c4c(=O)[nH]3)CCC5)CC2)s1. The Morgan fingerprint density at radius 3 is 2.66 bits per heavy atom. The molecule has 1 aliphatic carbocycles. The number of carbonyl (C=O) groups excluding carboxylic acids is 2. The van der Waals surface area contributed by atoms with Crippen LogP contribution in [0.3, 0.4) is 0 Å². The molecule has 0 spiro atoms. The standard InChI is InChI=1S/C22H24N4O3S3/c1-13-5-6-16(31-13)22(29)26-9-7-25(8-10-26)18(27)12-30-11-17-23-20(28)19-14-3-2-4-15(14)32-21(19)24-17/h5-6H,2-4,7-12H2,1H3,(H,23,24,28). The van der Waals surface area contributed by atoms with Gasteiger partial charge in [-0.2, -0.15) is 0 Å². The van der Waals surface area contributed by atoms with Crippen molar-refractivity contribution in [2.45, 2.75) is 31.9 Å². The highest BCUT2D eigenvalue weighted by molar-refractivity contribution is 7.99. The molecule has 3 aromatic rings. The molecule has 0 unspecified atom stereocenters. The van der Waals surface area contributed by atoms with Gasteiger partial charge in [0.1, 0.15) is 10.7 Å². The number of thiophene rings is 2. The summed E-state index contributed by atoms with van der Waals surface area (Å²) in [5.41, 5.74) is 1.12. The lowest BCUT2D eigenvalue weighted by atomic mass is 10.2. The summed E-state index contributed by atoms with van der Waals surface area (Å²) in [5.74, 6) is 1.57. The van der Waals surface area contributed by atoms with Crippen LogP contribution in [-0.4, -0.2) is 63.5 Å². The first kappa shape index (κ1) is 21.7. The van der Waals surface area contributed by atoms with E-state index in [0.717, 1.165) is 39.2 Å². The zero-order chi connectivity index (χ0) is 22.2. The highest BCUT2D eigenvalue weighted by Crippen LogP contribution is 2.34. The van der Waals surface area contributed by atoms with Crippen LogP contribution < -0.4 is 5.56 Å². The van der Waals surface area contributed by atoms with E-state index in [0.29, 0.717) is 43.5 Å². The topological polar surface area (TPSA) is 86.4 Å². The summed E-state index contributed by atoms with van der Waals surface area (Å²) in [4.78, 5) is 52.9. The van der Waals surface area contributed by atoms with E-state index in [2.05, 4.69) is 9.97 Å². The lowest BCUT2D eigenvalue weighted by Crippen LogP contribution is -2.51. The molecule has 0 radical (unpaired) electrons. The zero-order valence-corrected chi connectivity index (χ0v) is 20.3. The van der Waals surface area contributed by atoms with Crippen molar-refractivity contribution in [3.8, 4) is 0 Å². The van der Waals surface area contributed by atoms with Gasteiger partial charge in [0.05, 0.1) is 21.8 Å². The van der Waals surface area contributed by atoms with Crippen molar-refractivity contribution in [3.05, 3.63) is 48.5 Å². The predicted octanol–water partition coefficient (Wildman–Crippen LogP) is 3.06. The molecule has 0 bridgehead atoms. The zero-order valence-electron chi connectivity index (χ0n) is 17.8. The van der Waals surface area contributed by atoms with Crippen molar-refractivity contribution in [2.24, 2.45) is 0 Å². The number of piperazine rings is 1. The number of nitrogens with zero attached hydrogens (tertiary/aromatic N) is 3. The van der Waals surface area contributed by atoms with Crippen LogP contribution in [0.15, 0.2) is 16.9 Å². The van der Waals surface area contributed by atoms with Gasteiger partial charge in [-0.25, -0.2) is 4.98 Å². The Morgan fingerprint density at radius 1 is 1.12 bits per heavy atom. The molecular weight excluding hydrogens is 464 g/mol. The highest BCUT2D eigenvalue weighted by atomic mass is 32.2. The van der Waals surface area contributed by atoms with Crippen LogP contribution in [0.5, 0.6) is 0 Å². The van der Waals surface area contributed by atoms with Crippen molar-refractivity contribution in [1.82, 2.24) is 19.8 Å². The molecule has 10 heteroatoms. The molecule has 168 valence electrons. The minimum atomic E-state index is -0.0574. The first-order chi connectivity index (χ1) is 15.5. The third kappa shape index (κ3) is 4.23. The number of fused-ring (bicyclic) bond motifs is 3. The van der Waals surface area contributed by atoms with Gasteiger partial charge in [-0.15, -0.1) is 34.4 Å². The van der Waals surface area contributed by atoms with E-state index in [1.807, 2.05) is 28.9 Å². The number of amides is 2. The van der Waals surface area contributed by atoms with Gasteiger partial charge < -0.3 is 14.8 Å². The Hall–Kier alpha value is -2.17. The summed E-state index contributed by atoms with van der Waals surface area (Å²) in [7, 11) is 0. The van der Waals surface area contributed by atoms with Crippen LogP contribution >= 0.6 is 34.4 Å². The third-order valence-corrected chi connectivity index (χ3v) is 9.06. The van der Waals surface area contributed by atoms with Gasteiger partial charge in [0, 0.05) is 35.9 Å². The minimum Gasteiger partial charge on any atom is -0.338 e. The van der Waals surface area contributed by atoms with Crippen LogP contribution in [0.1, 0.15) is 37.2 Å². The smallest absolute Gasteiger partial charge is 0.264 e. The maximum Gasteiger partial charge on any atom is 0.264 e. The van der Waals surface area contributed by atoms with Crippen LogP contribution in [0, 0.1) is 6.92 Å². The number of thioether (sulfide) groups is 1. The number of rotatable bonds is 5. The molecule has 4 heterocycles. The summed E-state index contributed by atoms with van der Waals surface area (Å²) in [5, 5.41) is 0.762. The fourth-order valence-electron chi connectivity index (χ4n) is 4.31. The molecule has 2 amide bonds. The average molecular weight is 489 g/mol. The molecule has 1 N–H and O–H groups in total. The van der Waals surface area contributed by atoms with Gasteiger partial charge >= 0.3 is 0 Å². The molecule has 2 aliphatic rings. The monoisotopic (exact) mass is 488 g/mol. The van der Waals surface area contributed by atoms with E-state index < -0.39 is 0 Å². The fourth-order valence-corrected chi connectivity index (χ4v) is 7.21. The maximum absolute atomic E-state index is 12.6. The van der Waals surface area contributed by atoms with Crippen LogP contribution in [0.25, 0.3) is 10.2 Å². The number of carbonyl (C=O) groups is 2. The van der Waals surface area contributed by atoms with E-state index in [1.54, 1.807) is 11.3 Å². The van der Waals surface area contributed by atoms with Gasteiger partial charge in [-0.05, 0) is 43.9 Å². The van der Waals surface area contributed by atoms with Crippen molar-refractivity contribution >= 4 is 56.5 Å². The summed E-state index contributed by atoms with van der Waals surface area (Å²) in [6.07, 6.45) is 3.13. The Morgan fingerprint density at radius 2 is 1.91 bits per heavy atom. The molecule has 7 nitrogen and oxygen atoms in total. The third-order valence-electron chi connectivity index (χ3n) is 5.96. The van der Waals surface area contributed by atoms with E-state index in [1.165, 1.54) is 33.5 Å². The number of aryl methyl sites for hydroxylation is 3. The Balaban J connectivity index is 1.13. The van der Waals surface area contributed by atoms with Crippen molar-refractivity contribution < 1.29 is 9.59 Å². The molecule has 0 saturated carbocycles. The van der Waals surface area contributed by atoms with Crippen molar-refractivity contribution in [2.75, 3.05) is 31.9 Å². The number of aromatic amines is 1. The highest BCUT2D eigenvalue weighted by Gasteiger charge is 2.26. The Labute approximate surface area is 197 Å². The van der Waals surface area contributed by atoms with Crippen LogP contribution in [0.4, 0.5) is 0 Å². The molecule has 32 heavy (non-hydrogen) atoms. The molecule has 3 aromatic heterocycles. The van der Waals surface area contributed by atoms with E-state index in [9.17, 15) is 14.4 Å². The van der Waals surface area contributed by atoms with E-state index >= 15 is 0 Å². The predicted molar refractivity (Wildman–Crippen MR) is 130 cm³/mol. The lowest BCUT2D eigenvalue weighted by Gasteiger charge is -2.34. The van der Waals surface area contributed by atoms with E-state index in [4.69, 9.17) is 0 Å². The number of aromatic nitrogens is 2. The molecule has 0 atom stereocenters. The summed E-state index contributed by atoms with van der Waals surface area (Å²) in [6.45, 7) is 4.21. The largest absolute Gasteiger partial charge is 0.338 e. The summed E-state index contributed by atoms with van der Waals surface area (Å²) in [6, 6.07) is 3.83. The van der Waals surface area contributed by atoms with Crippen molar-refractivity contribution in [3.63, 3.8) is 0 Å². The molecular formula is C22H24N4O3S3. The second kappa shape index (κ2) is 8.99. The number of nitrogens with one attached hydrogen (secondary N) is 1. The van der Waals surface area contributed by atoms with Gasteiger partial charge in [0.25, 0.3) is 11.5 Å².